The quantitative estimate of drug-likeness (QED) is 0.0225. The molecule has 8 amide bonds. The van der Waals surface area contributed by atoms with Crippen molar-refractivity contribution in [1.82, 2.24) is 72.2 Å². The SMILES string of the molecule is CC(C)(C)[SiH](c1ccc(C(=O)NC[C@H](C(=O)N[C@H](CCCCNC(=O)CCC(=O)NCCC[C@H](NC(=O)CC[C@H](NC(=O)N[C@@H](CCC(=O)O)C(=O)O)C(=O)O)C(=O)O)C(=O)O)n2cc(CNC(=O)CC[PH](O)(O)CN3CCN(CPCCC(=O)O)CCN(CP(=O)(O)CCC(=O)O)CC3)nn2)cc1)C(C)(C)C. The van der Waals surface area contributed by atoms with Crippen molar-refractivity contribution in [3.05, 3.63) is 41.7 Å². The van der Waals surface area contributed by atoms with Gasteiger partial charge < -0.3 is 52.1 Å². The molecular formula is C65H109N14O25P3Si. The van der Waals surface area contributed by atoms with Crippen LogP contribution in [0.25, 0.3) is 0 Å². The number of urea groups is 1. The molecule has 1 fully saturated rings. The molecule has 0 aliphatic carbocycles. The summed E-state index contributed by atoms with van der Waals surface area (Å²) in [6, 6.07) is -1.83. The first-order chi connectivity index (χ1) is 50.4. The maximum Gasteiger partial charge on any atom is -0.0405 e. The summed E-state index contributed by atoms with van der Waals surface area (Å²) in [7, 11) is -9.44. The Bertz CT molecular complexity index is 3420. The summed E-state index contributed by atoms with van der Waals surface area (Å²) in [6.07, 6.45) is -2.56. The zero-order valence-electron chi connectivity index (χ0n) is 61.8. The van der Waals surface area contributed by atoms with Crippen LogP contribution in [0.15, 0.2) is 30.5 Å². The van der Waals surface area contributed by atoms with Gasteiger partial charge in [0.05, 0.1) is 8.80 Å². The number of unbranched alkanes of at least 4 members (excludes halogenated alkanes) is 1. The number of carbonyl (C=O) groups is 14. The molecule has 1 aliphatic rings. The van der Waals surface area contributed by atoms with Gasteiger partial charge in [-0.3, -0.25) is 24.0 Å². The second kappa shape index (κ2) is 46.3. The molecule has 0 bridgehead atoms. The third kappa shape index (κ3) is 38.2. The second-order valence-corrected chi connectivity index (χ2v) is 40.2. The van der Waals surface area contributed by atoms with Gasteiger partial charge in [-0.1, -0.05) is 58.9 Å². The van der Waals surface area contributed by atoms with Crippen LogP contribution in [0.1, 0.15) is 154 Å². The number of carboxylic acids is 7. The first kappa shape index (κ1) is 94.0. The monoisotopic (exact) mass is 1610 g/mol. The first-order valence-corrected chi connectivity index (χ1v) is 42.9. The van der Waals surface area contributed by atoms with E-state index in [2.05, 4.69) is 88.7 Å². The van der Waals surface area contributed by atoms with Gasteiger partial charge in [0.25, 0.3) is 0 Å². The number of rotatable bonds is 49. The van der Waals surface area contributed by atoms with Gasteiger partial charge in [0.15, 0.2) is 0 Å². The van der Waals surface area contributed by atoms with Crippen LogP contribution in [0.4, 0.5) is 4.79 Å². The van der Waals surface area contributed by atoms with Crippen molar-refractivity contribution < 1.29 is 122 Å². The maximum absolute atomic E-state index is 14.2. The molecule has 18 N–H and O–H groups in total. The smallest absolute Gasteiger partial charge is 0.0405 e. The van der Waals surface area contributed by atoms with Crippen molar-refractivity contribution in [2.45, 2.75) is 178 Å². The summed E-state index contributed by atoms with van der Waals surface area (Å²) >= 11 is 0. The summed E-state index contributed by atoms with van der Waals surface area (Å²) in [6.45, 7) is 14.5. The number of carbonyl (C=O) groups excluding carboxylic acids is 7. The number of aliphatic carboxylic acids is 7. The number of aromatic nitrogens is 3. The van der Waals surface area contributed by atoms with E-state index in [9.17, 15) is 107 Å². The molecule has 1 saturated heterocycles. The zero-order valence-corrected chi connectivity index (χ0v) is 65.8. The van der Waals surface area contributed by atoms with E-state index in [1.54, 1.807) is 21.9 Å². The Balaban J connectivity index is 1.61. The van der Waals surface area contributed by atoms with E-state index in [0.29, 0.717) is 38.6 Å². The van der Waals surface area contributed by atoms with Gasteiger partial charge in [-0.2, -0.15) is 0 Å². The van der Waals surface area contributed by atoms with Gasteiger partial charge in [0, 0.05) is 44.3 Å². The van der Waals surface area contributed by atoms with Crippen molar-refractivity contribution in [2.75, 3.05) is 96.2 Å². The standard InChI is InChI=1S/C65H109N14O25P3Si/c1-64(2,3)108(65(4,5)6)44-14-12-42(13-15-44)57(90)69-37-49(79-38-43(74-75-79)36-68-52(82)23-34-106(101,102)40-77-29-27-76(39-105-33-22-55(86)87)28-30-78(32-31-77)41-107(103,104)35-24-56(88)89)58(91)71-46(60(94)95)10-7-8-25-66-50(80)19-20-51(81)67-26-9-11-45(59(92)93)70-53(83)18-16-47(61(96)97)72-63(100)73-48(62(98)99)17-21-54(84)85/h12-15,38,45-49,101-102,105-106,108H,7-11,16-37,39-41H2,1-6H3,(H,66,80)(H,67,81)(H,68,82)(H,69,90)(H,70,83)(H,71,91)(H,84,85)(H,86,87)(H,88,89)(H,92,93)(H,94,95)(H,96,97)(H,98,99)(H,103,104)(H2,72,73,100)/t45-,46+,47-,48-,49+/m0/s1. The summed E-state index contributed by atoms with van der Waals surface area (Å²) < 4.78 is 14.1. The van der Waals surface area contributed by atoms with E-state index in [1.807, 2.05) is 22.8 Å². The molecule has 43 heteroatoms. The third-order valence-corrected chi connectivity index (χ3v) is 26.8. The average Bonchev–Trinajstić information content (AvgIpc) is 0.946. The zero-order chi connectivity index (χ0) is 81.1. The van der Waals surface area contributed by atoms with E-state index in [4.69, 9.17) is 15.3 Å². The summed E-state index contributed by atoms with van der Waals surface area (Å²) in [5.74, 6) is -13.6. The van der Waals surface area contributed by atoms with E-state index < -0.39 is 182 Å². The fraction of sp³-hybridized carbons (Fsp3) is 0.662. The summed E-state index contributed by atoms with van der Waals surface area (Å²) in [5, 5.41) is 94.3. The molecule has 1 aromatic heterocycles. The molecular weight excluding hydrogens is 1500 g/mol. The van der Waals surface area contributed by atoms with Gasteiger partial charge >= 0.3 is 316 Å². The largest absolute Gasteiger partial charge is 0.0625 e. The van der Waals surface area contributed by atoms with Crippen LogP contribution in [-0.2, 0) is 68.6 Å². The van der Waals surface area contributed by atoms with E-state index >= 15 is 0 Å². The molecule has 608 valence electrons. The number of hydrogen-bond donors (Lipinski definition) is 18. The van der Waals surface area contributed by atoms with Gasteiger partial charge in [-0.15, -0.1) is 0 Å². The van der Waals surface area contributed by atoms with Crippen LogP contribution in [0.3, 0.4) is 0 Å². The van der Waals surface area contributed by atoms with E-state index in [1.165, 1.54) is 6.20 Å². The summed E-state index contributed by atoms with van der Waals surface area (Å²) in [5.41, 5.74) is 0.401. The van der Waals surface area contributed by atoms with Crippen LogP contribution in [0.2, 0.25) is 10.1 Å². The molecule has 0 spiro atoms. The molecule has 2 heterocycles. The van der Waals surface area contributed by atoms with Crippen molar-refractivity contribution in [3.8, 4) is 0 Å². The fourth-order valence-electron chi connectivity index (χ4n) is 12.1. The molecule has 2 unspecified atom stereocenters. The number of benzene rings is 1. The minimum atomic E-state index is -4.17. The molecule has 0 radical (unpaired) electrons. The van der Waals surface area contributed by atoms with Crippen LogP contribution in [-0.4, -0.2) is 293 Å². The Morgan fingerprint density at radius 3 is 1.58 bits per heavy atom. The second-order valence-electron chi connectivity index (χ2n) is 28.7. The number of nitrogens with one attached hydrogen (secondary N) is 8. The Kier molecular flexibility index (Phi) is 40.3. The fourth-order valence-corrected chi connectivity index (χ4v) is 21.9. The normalized spacial score (nSPS) is 15.6. The van der Waals surface area contributed by atoms with Gasteiger partial charge in [0.1, 0.15) is 18.1 Å². The summed E-state index contributed by atoms with van der Waals surface area (Å²) in [4.78, 5) is 211. The number of nitrogens with zero attached hydrogens (tertiary/aromatic N) is 6. The molecule has 7 atom stereocenters. The van der Waals surface area contributed by atoms with Crippen LogP contribution in [0, 0.1) is 0 Å². The van der Waals surface area contributed by atoms with E-state index in [-0.39, 0.29) is 139 Å². The predicted molar refractivity (Wildman–Crippen MR) is 398 cm³/mol. The Morgan fingerprint density at radius 2 is 1.05 bits per heavy atom. The van der Waals surface area contributed by atoms with Crippen molar-refractivity contribution >= 4 is 121 Å². The van der Waals surface area contributed by atoms with Crippen molar-refractivity contribution in [3.63, 3.8) is 0 Å². The van der Waals surface area contributed by atoms with Crippen LogP contribution >= 0.6 is 23.7 Å². The number of carboxylic acid groups (broad SMARTS) is 7. The minimum absolute atomic E-state index is 0.000372. The minimum Gasteiger partial charge on any atom is -0.0625 e. The van der Waals surface area contributed by atoms with Crippen molar-refractivity contribution in [1.29, 1.82) is 0 Å². The Labute approximate surface area is 628 Å². The Hall–Kier alpha value is -8.19. The first-order valence-electron chi connectivity index (χ1n) is 35.4. The molecule has 39 nitrogen and oxygen atoms in total. The molecule has 108 heavy (non-hydrogen) atoms. The molecule has 0 saturated carbocycles. The van der Waals surface area contributed by atoms with Crippen molar-refractivity contribution in [2.24, 2.45) is 0 Å². The molecule has 1 aliphatic heterocycles. The van der Waals surface area contributed by atoms with Gasteiger partial charge in [-0.05, 0) is 67.2 Å². The molecule has 3 rings (SSSR count). The maximum atomic E-state index is 14.2. The van der Waals surface area contributed by atoms with Gasteiger partial charge in [0.2, 0.25) is 17.7 Å². The van der Waals surface area contributed by atoms with E-state index in [0.717, 1.165) is 9.87 Å². The number of hydrogen-bond acceptors (Lipinski definition) is 22. The van der Waals surface area contributed by atoms with Gasteiger partial charge in [-0.25, -0.2) is 24.0 Å². The molecule has 2 aromatic rings. The predicted octanol–water partition coefficient (Wildman–Crippen LogP) is -0.503. The number of amides is 8. The third-order valence-electron chi connectivity index (χ3n) is 17.3. The van der Waals surface area contributed by atoms with Crippen LogP contribution < -0.4 is 47.7 Å². The Morgan fingerprint density at radius 1 is 0.556 bits per heavy atom. The van der Waals surface area contributed by atoms with Crippen LogP contribution in [0.5, 0.6) is 0 Å². The molecule has 1 aromatic carbocycles. The topological polar surface area (TPSA) is 595 Å². The average molecular weight is 1610 g/mol.